The Kier molecular flexibility index (Phi) is 3.43. The average Bonchev–Trinajstić information content (AvgIpc) is 2.47. The molecule has 1 aromatic carbocycles. The molecule has 1 aliphatic carbocycles. The summed E-state index contributed by atoms with van der Waals surface area (Å²) >= 11 is 0. The van der Waals surface area contributed by atoms with Gasteiger partial charge in [0.15, 0.2) is 5.78 Å². The summed E-state index contributed by atoms with van der Waals surface area (Å²) in [5.74, 6) is 0.329. The van der Waals surface area contributed by atoms with Gasteiger partial charge in [0.2, 0.25) is 0 Å². The summed E-state index contributed by atoms with van der Waals surface area (Å²) in [6.07, 6.45) is 2.46. The van der Waals surface area contributed by atoms with Crippen molar-refractivity contribution in [1.82, 2.24) is 0 Å². The number of Topliss-reactive ketones (excluding diaryl/α,β-unsaturated/α-hetero) is 1. The summed E-state index contributed by atoms with van der Waals surface area (Å²) < 4.78 is 10.8. The van der Waals surface area contributed by atoms with E-state index in [2.05, 4.69) is 18.2 Å². The van der Waals surface area contributed by atoms with Gasteiger partial charge in [-0.1, -0.05) is 24.3 Å². The molecule has 2 atom stereocenters. The van der Waals surface area contributed by atoms with Crippen LogP contribution in [-0.4, -0.2) is 31.7 Å². The van der Waals surface area contributed by atoms with E-state index < -0.39 is 0 Å². The van der Waals surface area contributed by atoms with Gasteiger partial charge in [0.05, 0.1) is 19.8 Å². The van der Waals surface area contributed by atoms with Crippen LogP contribution in [0.15, 0.2) is 24.3 Å². The van der Waals surface area contributed by atoms with E-state index in [4.69, 9.17) is 9.47 Å². The van der Waals surface area contributed by atoms with Crippen molar-refractivity contribution in [2.75, 3.05) is 19.8 Å². The summed E-state index contributed by atoms with van der Waals surface area (Å²) in [6, 6.07) is 8.41. The Morgan fingerprint density at radius 2 is 2.00 bits per heavy atom. The summed E-state index contributed by atoms with van der Waals surface area (Å²) in [5.41, 5.74) is 2.71. The second-order valence-electron chi connectivity index (χ2n) is 5.05. The number of hydrogen-bond donors (Lipinski definition) is 0. The van der Waals surface area contributed by atoms with Gasteiger partial charge in [-0.3, -0.25) is 4.79 Å². The molecule has 0 spiro atoms. The smallest absolute Gasteiger partial charge is 0.167 e. The number of ketones is 1. The van der Waals surface area contributed by atoms with E-state index in [1.807, 2.05) is 6.07 Å². The Hall–Kier alpha value is -1.19. The molecule has 1 fully saturated rings. The highest BCUT2D eigenvalue weighted by molar-refractivity contribution is 5.86. The van der Waals surface area contributed by atoms with E-state index in [0.717, 1.165) is 19.3 Å². The fourth-order valence-corrected chi connectivity index (χ4v) is 2.86. The normalized spacial score (nSPS) is 27.6. The first kappa shape index (κ1) is 11.9. The molecule has 1 heterocycles. The van der Waals surface area contributed by atoms with E-state index in [0.29, 0.717) is 19.8 Å². The van der Waals surface area contributed by atoms with E-state index in [1.54, 1.807) is 0 Å². The molecule has 2 unspecified atom stereocenters. The minimum atomic E-state index is -0.339. The highest BCUT2D eigenvalue weighted by atomic mass is 16.6. The summed E-state index contributed by atoms with van der Waals surface area (Å²) in [7, 11) is 0. The Morgan fingerprint density at radius 1 is 1.17 bits per heavy atom. The molecule has 1 aliphatic heterocycles. The van der Waals surface area contributed by atoms with Crippen LogP contribution in [0.5, 0.6) is 0 Å². The lowest BCUT2D eigenvalue weighted by atomic mass is 9.80. The van der Waals surface area contributed by atoms with E-state index in [1.165, 1.54) is 11.1 Å². The quantitative estimate of drug-likeness (QED) is 0.798. The average molecular weight is 246 g/mol. The monoisotopic (exact) mass is 246 g/mol. The van der Waals surface area contributed by atoms with E-state index in [-0.39, 0.29) is 17.8 Å². The predicted molar refractivity (Wildman–Crippen MR) is 67.5 cm³/mol. The molecule has 3 rings (SSSR count). The molecule has 2 aliphatic rings. The van der Waals surface area contributed by atoms with Gasteiger partial charge in [-0.15, -0.1) is 0 Å². The zero-order chi connectivity index (χ0) is 12.4. The van der Waals surface area contributed by atoms with Crippen molar-refractivity contribution < 1.29 is 14.3 Å². The molecule has 18 heavy (non-hydrogen) atoms. The Balaban J connectivity index is 1.69. The maximum atomic E-state index is 12.4. The lowest BCUT2D eigenvalue weighted by molar-refractivity contribution is -0.149. The molecule has 0 saturated carbocycles. The molecule has 1 saturated heterocycles. The van der Waals surface area contributed by atoms with Gasteiger partial charge in [-0.25, -0.2) is 0 Å². The number of carbonyl (C=O) groups excluding carboxylic acids is 1. The first-order valence-electron chi connectivity index (χ1n) is 6.64. The van der Waals surface area contributed by atoms with Gasteiger partial charge in [0, 0.05) is 5.92 Å². The number of aryl methyl sites for hydroxylation is 1. The molecule has 0 amide bonds. The van der Waals surface area contributed by atoms with Crippen LogP contribution in [0.4, 0.5) is 0 Å². The van der Waals surface area contributed by atoms with Gasteiger partial charge in [-0.2, -0.15) is 0 Å². The van der Waals surface area contributed by atoms with Crippen LogP contribution in [-0.2, 0) is 27.1 Å². The number of benzene rings is 1. The Labute approximate surface area is 107 Å². The lowest BCUT2D eigenvalue weighted by Gasteiger charge is -2.29. The van der Waals surface area contributed by atoms with Crippen LogP contribution < -0.4 is 0 Å². The third kappa shape index (κ3) is 2.33. The molecular formula is C15H18O3. The van der Waals surface area contributed by atoms with Crippen molar-refractivity contribution in [2.45, 2.75) is 25.4 Å². The first-order chi connectivity index (χ1) is 8.84. The second-order valence-corrected chi connectivity index (χ2v) is 5.05. The Morgan fingerprint density at radius 3 is 2.78 bits per heavy atom. The van der Waals surface area contributed by atoms with Crippen molar-refractivity contribution in [3.05, 3.63) is 35.4 Å². The number of fused-ring (bicyclic) bond motifs is 1. The minimum Gasteiger partial charge on any atom is -0.376 e. The maximum Gasteiger partial charge on any atom is 0.167 e. The predicted octanol–water partition coefficient (Wildman–Crippen LogP) is 1.78. The minimum absolute atomic E-state index is 0.103. The summed E-state index contributed by atoms with van der Waals surface area (Å²) in [6.45, 7) is 1.58. The Bertz CT molecular complexity index is 435. The largest absolute Gasteiger partial charge is 0.376 e. The van der Waals surface area contributed by atoms with E-state index >= 15 is 0 Å². The fraction of sp³-hybridized carbons (Fsp3) is 0.533. The first-order valence-corrected chi connectivity index (χ1v) is 6.64. The number of rotatable bonds is 2. The zero-order valence-electron chi connectivity index (χ0n) is 10.4. The topological polar surface area (TPSA) is 35.5 Å². The van der Waals surface area contributed by atoms with Crippen molar-refractivity contribution in [3.63, 3.8) is 0 Å². The third-order valence-electron chi connectivity index (χ3n) is 3.88. The lowest BCUT2D eigenvalue weighted by Crippen LogP contribution is -2.40. The number of carbonyl (C=O) groups is 1. The molecule has 0 radical (unpaired) electrons. The van der Waals surface area contributed by atoms with Crippen molar-refractivity contribution in [3.8, 4) is 0 Å². The van der Waals surface area contributed by atoms with Crippen LogP contribution in [0.1, 0.15) is 17.5 Å². The highest BCUT2D eigenvalue weighted by Crippen LogP contribution is 2.27. The van der Waals surface area contributed by atoms with Crippen LogP contribution in [0.25, 0.3) is 0 Å². The van der Waals surface area contributed by atoms with Crippen LogP contribution in [0.3, 0.4) is 0 Å². The van der Waals surface area contributed by atoms with Crippen LogP contribution in [0.2, 0.25) is 0 Å². The van der Waals surface area contributed by atoms with Gasteiger partial charge < -0.3 is 9.47 Å². The van der Waals surface area contributed by atoms with Crippen molar-refractivity contribution >= 4 is 5.78 Å². The van der Waals surface area contributed by atoms with Gasteiger partial charge >= 0.3 is 0 Å². The highest BCUT2D eigenvalue weighted by Gasteiger charge is 2.31. The van der Waals surface area contributed by atoms with Crippen LogP contribution >= 0.6 is 0 Å². The van der Waals surface area contributed by atoms with Crippen LogP contribution in [0, 0.1) is 5.92 Å². The molecule has 0 bridgehead atoms. The second kappa shape index (κ2) is 5.21. The standard InChI is InChI=1S/C15H18O3/c16-15(14-10-17-7-8-18-14)13-6-5-11-3-1-2-4-12(11)9-13/h1-4,13-14H,5-10H2. The van der Waals surface area contributed by atoms with Gasteiger partial charge in [0.25, 0.3) is 0 Å². The fourth-order valence-electron chi connectivity index (χ4n) is 2.86. The van der Waals surface area contributed by atoms with Gasteiger partial charge in [0.1, 0.15) is 6.10 Å². The van der Waals surface area contributed by atoms with E-state index in [9.17, 15) is 4.79 Å². The van der Waals surface area contributed by atoms with Crippen molar-refractivity contribution in [2.24, 2.45) is 5.92 Å². The maximum absolute atomic E-state index is 12.4. The number of hydrogen-bond acceptors (Lipinski definition) is 3. The zero-order valence-corrected chi connectivity index (χ0v) is 10.4. The third-order valence-corrected chi connectivity index (χ3v) is 3.88. The van der Waals surface area contributed by atoms with Gasteiger partial charge in [-0.05, 0) is 30.4 Å². The SMILES string of the molecule is O=C(C1CCc2ccccc2C1)C1COCCO1. The molecule has 96 valence electrons. The molecule has 0 aromatic heterocycles. The molecule has 3 nitrogen and oxygen atoms in total. The molecule has 1 aromatic rings. The summed E-state index contributed by atoms with van der Waals surface area (Å²) in [4.78, 5) is 12.4. The molecule has 0 N–H and O–H groups in total. The van der Waals surface area contributed by atoms with Crippen molar-refractivity contribution in [1.29, 1.82) is 0 Å². The molecule has 3 heteroatoms. The molecular weight excluding hydrogens is 228 g/mol. The summed E-state index contributed by atoms with van der Waals surface area (Å²) in [5, 5.41) is 0. The number of ether oxygens (including phenoxy) is 2.